The van der Waals surface area contributed by atoms with Crippen molar-refractivity contribution >= 4 is 27.9 Å². The highest BCUT2D eigenvalue weighted by atomic mass is 16.5. The van der Waals surface area contributed by atoms with Gasteiger partial charge in [-0.1, -0.05) is 6.07 Å². The highest BCUT2D eigenvalue weighted by Crippen LogP contribution is 2.30. The molecule has 0 radical (unpaired) electrons. The molecule has 154 valence electrons. The standard InChI is InChI=1S/C22H20N8O/c1-14-3-2-4-16(26-14)19-27-20-18(24-13-25-20)22(28-19)30-8-6-15-17(30)5-7-23-21(15)29-9-11-31-12-10-29/h2-8,13H,9-12H2,1H3,(H,24,25,27,28). The van der Waals surface area contributed by atoms with Gasteiger partial charge in [0.05, 0.1) is 25.1 Å². The minimum atomic E-state index is 0.555. The topological polar surface area (TPSA) is 97.6 Å². The first-order chi connectivity index (χ1) is 15.3. The Morgan fingerprint density at radius 1 is 0.968 bits per heavy atom. The third-order valence-electron chi connectivity index (χ3n) is 5.51. The van der Waals surface area contributed by atoms with Crippen LogP contribution in [0.5, 0.6) is 0 Å². The summed E-state index contributed by atoms with van der Waals surface area (Å²) in [6, 6.07) is 9.92. The van der Waals surface area contributed by atoms with Crippen LogP contribution in [-0.2, 0) is 4.74 Å². The van der Waals surface area contributed by atoms with Gasteiger partial charge in [0.2, 0.25) is 0 Å². The van der Waals surface area contributed by atoms with Crippen molar-refractivity contribution < 1.29 is 4.74 Å². The number of nitrogens with one attached hydrogen (secondary N) is 1. The molecule has 1 aliphatic heterocycles. The molecule has 9 nitrogen and oxygen atoms in total. The maximum atomic E-state index is 5.50. The summed E-state index contributed by atoms with van der Waals surface area (Å²) in [4.78, 5) is 28.6. The van der Waals surface area contributed by atoms with Gasteiger partial charge in [-0.3, -0.25) is 4.57 Å². The summed E-state index contributed by atoms with van der Waals surface area (Å²) in [6.07, 6.45) is 5.50. The molecular formula is C22H20N8O. The normalized spacial score (nSPS) is 14.5. The second-order valence-electron chi connectivity index (χ2n) is 7.49. The Balaban J connectivity index is 1.54. The van der Waals surface area contributed by atoms with E-state index >= 15 is 0 Å². The third kappa shape index (κ3) is 3.01. The molecule has 0 aliphatic carbocycles. The molecule has 6 heterocycles. The zero-order valence-electron chi connectivity index (χ0n) is 17.0. The molecule has 6 rings (SSSR count). The van der Waals surface area contributed by atoms with Gasteiger partial charge in [0.1, 0.15) is 11.5 Å². The number of imidazole rings is 1. The van der Waals surface area contributed by atoms with Crippen LogP contribution in [0, 0.1) is 6.92 Å². The van der Waals surface area contributed by atoms with Gasteiger partial charge >= 0.3 is 0 Å². The van der Waals surface area contributed by atoms with E-state index in [0.29, 0.717) is 36.0 Å². The van der Waals surface area contributed by atoms with E-state index in [1.165, 1.54) is 0 Å². The van der Waals surface area contributed by atoms with Gasteiger partial charge in [-0.05, 0) is 31.2 Å². The number of ether oxygens (including phenoxy) is 1. The predicted molar refractivity (Wildman–Crippen MR) is 117 cm³/mol. The molecule has 9 heteroatoms. The van der Waals surface area contributed by atoms with Gasteiger partial charge in [0, 0.05) is 36.6 Å². The van der Waals surface area contributed by atoms with Gasteiger partial charge in [-0.15, -0.1) is 0 Å². The van der Waals surface area contributed by atoms with Crippen molar-refractivity contribution in [3.63, 3.8) is 0 Å². The van der Waals surface area contributed by atoms with Crippen molar-refractivity contribution in [1.29, 1.82) is 0 Å². The largest absolute Gasteiger partial charge is 0.378 e. The van der Waals surface area contributed by atoms with Crippen LogP contribution in [0.15, 0.2) is 49.1 Å². The maximum absolute atomic E-state index is 5.50. The third-order valence-corrected chi connectivity index (χ3v) is 5.51. The highest BCUT2D eigenvalue weighted by molar-refractivity contribution is 5.93. The fourth-order valence-electron chi connectivity index (χ4n) is 4.03. The number of aromatic amines is 1. The molecule has 1 fully saturated rings. The van der Waals surface area contributed by atoms with Crippen LogP contribution in [-0.4, -0.2) is 60.8 Å². The summed E-state index contributed by atoms with van der Waals surface area (Å²) in [7, 11) is 0. The van der Waals surface area contributed by atoms with Crippen LogP contribution in [0.4, 0.5) is 5.82 Å². The Hall–Kier alpha value is -3.85. The summed E-state index contributed by atoms with van der Waals surface area (Å²) >= 11 is 0. The highest BCUT2D eigenvalue weighted by Gasteiger charge is 2.19. The molecule has 0 unspecified atom stereocenters. The molecule has 31 heavy (non-hydrogen) atoms. The number of aryl methyl sites for hydroxylation is 1. The van der Waals surface area contributed by atoms with Crippen molar-refractivity contribution in [3.05, 3.63) is 54.7 Å². The Kier molecular flexibility index (Phi) is 4.13. The Morgan fingerprint density at radius 3 is 2.74 bits per heavy atom. The van der Waals surface area contributed by atoms with Crippen LogP contribution in [0.1, 0.15) is 5.69 Å². The van der Waals surface area contributed by atoms with E-state index in [0.717, 1.165) is 41.2 Å². The van der Waals surface area contributed by atoms with E-state index in [1.807, 2.05) is 48.1 Å². The van der Waals surface area contributed by atoms with Crippen LogP contribution >= 0.6 is 0 Å². The van der Waals surface area contributed by atoms with E-state index in [4.69, 9.17) is 9.72 Å². The Bertz CT molecular complexity index is 1400. The summed E-state index contributed by atoms with van der Waals surface area (Å²) in [5.74, 6) is 2.23. The molecular weight excluding hydrogens is 392 g/mol. The lowest BCUT2D eigenvalue weighted by Gasteiger charge is -2.28. The first-order valence-electron chi connectivity index (χ1n) is 10.2. The quantitative estimate of drug-likeness (QED) is 0.487. The summed E-state index contributed by atoms with van der Waals surface area (Å²) in [5, 5.41) is 1.07. The first-order valence-corrected chi connectivity index (χ1v) is 10.2. The lowest BCUT2D eigenvalue weighted by atomic mass is 10.2. The number of fused-ring (bicyclic) bond motifs is 2. The van der Waals surface area contributed by atoms with Crippen molar-refractivity contribution in [2.75, 3.05) is 31.2 Å². The number of pyridine rings is 2. The molecule has 1 N–H and O–H groups in total. The second-order valence-corrected chi connectivity index (χ2v) is 7.49. The predicted octanol–water partition coefficient (Wildman–Crippen LogP) is 2.90. The summed E-state index contributed by atoms with van der Waals surface area (Å²) < 4.78 is 7.55. The van der Waals surface area contributed by atoms with Crippen molar-refractivity contribution in [3.8, 4) is 17.3 Å². The fraction of sp³-hybridized carbons (Fsp3) is 0.227. The van der Waals surface area contributed by atoms with E-state index < -0.39 is 0 Å². The molecule has 0 spiro atoms. The molecule has 1 aliphatic rings. The van der Waals surface area contributed by atoms with Crippen molar-refractivity contribution in [2.45, 2.75) is 6.92 Å². The van der Waals surface area contributed by atoms with Gasteiger partial charge in [-0.2, -0.15) is 0 Å². The van der Waals surface area contributed by atoms with Gasteiger partial charge < -0.3 is 14.6 Å². The van der Waals surface area contributed by atoms with Crippen LogP contribution in [0.3, 0.4) is 0 Å². The number of hydrogen-bond donors (Lipinski definition) is 1. The zero-order chi connectivity index (χ0) is 20.8. The van der Waals surface area contributed by atoms with Crippen LogP contribution < -0.4 is 4.90 Å². The van der Waals surface area contributed by atoms with E-state index in [2.05, 4.69) is 35.9 Å². The molecule has 5 aromatic heterocycles. The fourth-order valence-corrected chi connectivity index (χ4v) is 4.03. The SMILES string of the molecule is Cc1cccc(-c2nc(-n3ccc4c(N5CCOCC5)nccc43)c3nc[nH]c3n2)n1. The molecule has 0 amide bonds. The second kappa shape index (κ2) is 7.13. The molecule has 5 aromatic rings. The van der Waals surface area contributed by atoms with Gasteiger partial charge in [0.25, 0.3) is 0 Å². The zero-order valence-corrected chi connectivity index (χ0v) is 17.0. The van der Waals surface area contributed by atoms with Crippen molar-refractivity contribution in [2.24, 2.45) is 0 Å². The number of rotatable bonds is 3. The molecule has 0 aromatic carbocycles. The molecule has 0 bridgehead atoms. The number of hydrogen-bond acceptors (Lipinski definition) is 7. The number of anilines is 1. The lowest BCUT2D eigenvalue weighted by molar-refractivity contribution is 0.122. The average Bonchev–Trinajstić information content (AvgIpc) is 3.46. The number of H-pyrrole nitrogens is 1. The summed E-state index contributed by atoms with van der Waals surface area (Å²) in [6.45, 7) is 5.05. The monoisotopic (exact) mass is 412 g/mol. The maximum Gasteiger partial charge on any atom is 0.182 e. The van der Waals surface area contributed by atoms with E-state index in [9.17, 15) is 0 Å². The average molecular weight is 412 g/mol. The smallest absolute Gasteiger partial charge is 0.182 e. The first kappa shape index (κ1) is 18.0. The van der Waals surface area contributed by atoms with Gasteiger partial charge in [0.15, 0.2) is 22.8 Å². The van der Waals surface area contributed by atoms with Crippen LogP contribution in [0.25, 0.3) is 39.4 Å². The molecule has 1 saturated heterocycles. The van der Waals surface area contributed by atoms with Crippen molar-refractivity contribution in [1.82, 2.24) is 34.5 Å². The lowest BCUT2D eigenvalue weighted by Crippen LogP contribution is -2.36. The van der Waals surface area contributed by atoms with Crippen LogP contribution in [0.2, 0.25) is 0 Å². The summed E-state index contributed by atoms with van der Waals surface area (Å²) in [5.41, 5.74) is 4.04. The number of nitrogens with zero attached hydrogens (tertiary/aromatic N) is 7. The minimum Gasteiger partial charge on any atom is -0.378 e. The molecule has 0 saturated carbocycles. The van der Waals surface area contributed by atoms with E-state index in [-0.39, 0.29) is 0 Å². The van der Waals surface area contributed by atoms with Gasteiger partial charge in [-0.25, -0.2) is 24.9 Å². The van der Waals surface area contributed by atoms with E-state index in [1.54, 1.807) is 6.33 Å². The Morgan fingerprint density at radius 2 is 1.87 bits per heavy atom. The number of aromatic nitrogens is 7. The molecule has 0 atom stereocenters. The minimum absolute atomic E-state index is 0.555. The number of morpholine rings is 1. The Labute approximate surface area is 177 Å².